The molecule has 0 amide bonds. The maximum atomic E-state index is 5.66. The van der Waals surface area contributed by atoms with Crippen LogP contribution in [0.3, 0.4) is 0 Å². The molecule has 2 aromatic heterocycles. The van der Waals surface area contributed by atoms with Gasteiger partial charge >= 0.3 is 0 Å². The highest BCUT2D eigenvalue weighted by molar-refractivity contribution is 5.49. The molecule has 1 aromatic carbocycles. The van der Waals surface area contributed by atoms with Crippen LogP contribution in [-0.4, -0.2) is 33.1 Å². The van der Waals surface area contributed by atoms with Crippen LogP contribution in [0.15, 0.2) is 35.0 Å². The first kappa shape index (κ1) is 13.6. The second-order valence-electron chi connectivity index (χ2n) is 6.18. The summed E-state index contributed by atoms with van der Waals surface area (Å²) >= 11 is 0. The van der Waals surface area contributed by atoms with Crippen molar-refractivity contribution >= 4 is 0 Å². The van der Waals surface area contributed by atoms with Gasteiger partial charge in [0.2, 0.25) is 11.7 Å². The lowest BCUT2D eigenvalue weighted by Gasteiger charge is -2.18. The van der Waals surface area contributed by atoms with E-state index >= 15 is 0 Å². The summed E-state index contributed by atoms with van der Waals surface area (Å²) in [5.41, 5.74) is 1.95. The number of hydrogen-bond acceptors (Lipinski definition) is 6. The minimum atomic E-state index is 0.262. The highest BCUT2D eigenvalue weighted by Gasteiger charge is 2.44. The van der Waals surface area contributed by atoms with Crippen molar-refractivity contribution in [1.29, 1.82) is 0 Å². The van der Waals surface area contributed by atoms with Crippen LogP contribution in [0.4, 0.5) is 0 Å². The Kier molecular flexibility index (Phi) is 2.88. The van der Waals surface area contributed by atoms with Crippen LogP contribution in [0.5, 0.6) is 11.5 Å². The molecule has 2 atom stereocenters. The minimum absolute atomic E-state index is 0.262. The fourth-order valence-electron chi connectivity index (χ4n) is 3.15. The van der Waals surface area contributed by atoms with Crippen molar-refractivity contribution in [2.24, 2.45) is 7.05 Å². The van der Waals surface area contributed by atoms with E-state index in [4.69, 9.17) is 14.0 Å². The highest BCUT2D eigenvalue weighted by Crippen LogP contribution is 2.55. The van der Waals surface area contributed by atoms with Crippen molar-refractivity contribution in [2.45, 2.75) is 18.3 Å². The molecule has 7 heteroatoms. The Labute approximate surface area is 138 Å². The van der Waals surface area contributed by atoms with E-state index in [1.54, 1.807) is 4.68 Å². The Bertz CT molecular complexity index is 901. The average Bonchev–Trinajstić information content (AvgIpc) is 3.04. The quantitative estimate of drug-likeness (QED) is 0.737. The third-order valence-corrected chi connectivity index (χ3v) is 4.49. The van der Waals surface area contributed by atoms with Gasteiger partial charge in [-0.15, -0.1) is 0 Å². The van der Waals surface area contributed by atoms with E-state index < -0.39 is 0 Å². The van der Waals surface area contributed by atoms with Crippen LogP contribution < -0.4 is 9.47 Å². The van der Waals surface area contributed by atoms with E-state index in [9.17, 15) is 0 Å². The van der Waals surface area contributed by atoms with Crippen LogP contribution in [0.25, 0.3) is 11.5 Å². The Hall–Kier alpha value is -2.83. The van der Waals surface area contributed by atoms with Crippen molar-refractivity contribution in [3.8, 4) is 23.0 Å². The Balaban J connectivity index is 1.36. The van der Waals surface area contributed by atoms with E-state index in [-0.39, 0.29) is 5.92 Å². The number of aromatic nitrogens is 4. The number of rotatable bonds is 3. The zero-order chi connectivity index (χ0) is 16.1. The number of fused-ring (bicyclic) bond motifs is 1. The number of nitrogens with zero attached hydrogens (tertiary/aromatic N) is 4. The average molecular weight is 324 g/mol. The minimum Gasteiger partial charge on any atom is -0.486 e. The molecule has 1 fully saturated rings. The first-order valence-corrected chi connectivity index (χ1v) is 8.01. The summed E-state index contributed by atoms with van der Waals surface area (Å²) < 4.78 is 18.4. The van der Waals surface area contributed by atoms with Gasteiger partial charge in [0.1, 0.15) is 18.9 Å². The number of aryl methyl sites for hydroxylation is 1. The van der Waals surface area contributed by atoms with Crippen molar-refractivity contribution in [1.82, 2.24) is 19.9 Å². The topological polar surface area (TPSA) is 75.2 Å². The van der Waals surface area contributed by atoms with Gasteiger partial charge in [0.05, 0.1) is 0 Å². The Morgan fingerprint density at radius 2 is 1.96 bits per heavy atom. The standard InChI is InChI=1S/C17H16N4O3/c1-21-5-4-13(19-21)16-18-17(24-20-16)12-9-11(12)10-2-3-14-15(8-10)23-7-6-22-14/h2-5,8,11-12H,6-7,9H2,1H3. The van der Waals surface area contributed by atoms with E-state index in [1.807, 2.05) is 25.4 Å². The molecule has 0 spiro atoms. The molecule has 2 aliphatic rings. The molecule has 2 unspecified atom stereocenters. The molecule has 0 N–H and O–H groups in total. The molecule has 3 heterocycles. The maximum absolute atomic E-state index is 5.66. The maximum Gasteiger partial charge on any atom is 0.230 e. The molecule has 3 aromatic rings. The summed E-state index contributed by atoms with van der Waals surface area (Å²) in [5.74, 6) is 3.51. The zero-order valence-corrected chi connectivity index (χ0v) is 13.2. The largest absolute Gasteiger partial charge is 0.486 e. The SMILES string of the molecule is Cn1ccc(-c2noc(C3CC3c3ccc4c(c3)OCCO4)n2)n1. The molecule has 1 saturated carbocycles. The molecule has 7 nitrogen and oxygen atoms in total. The summed E-state index contributed by atoms with van der Waals surface area (Å²) in [4.78, 5) is 4.51. The molecule has 0 radical (unpaired) electrons. The molecular weight excluding hydrogens is 308 g/mol. The molecule has 5 rings (SSSR count). The van der Waals surface area contributed by atoms with E-state index in [1.165, 1.54) is 5.56 Å². The molecule has 1 aliphatic heterocycles. The lowest BCUT2D eigenvalue weighted by molar-refractivity contribution is 0.171. The molecular formula is C17H16N4O3. The van der Waals surface area contributed by atoms with E-state index in [0.29, 0.717) is 30.8 Å². The first-order valence-electron chi connectivity index (χ1n) is 8.01. The lowest BCUT2D eigenvalue weighted by atomic mass is 10.1. The summed E-state index contributed by atoms with van der Waals surface area (Å²) in [6.07, 6.45) is 2.87. The second kappa shape index (κ2) is 5.09. The fourth-order valence-corrected chi connectivity index (χ4v) is 3.15. The van der Waals surface area contributed by atoms with Gasteiger partial charge in [-0.05, 0) is 36.1 Å². The van der Waals surface area contributed by atoms with Crippen LogP contribution in [0.2, 0.25) is 0 Å². The molecule has 1 aliphatic carbocycles. The summed E-state index contributed by atoms with van der Waals surface area (Å²) in [7, 11) is 1.86. The summed E-state index contributed by atoms with van der Waals surface area (Å²) in [6, 6.07) is 8.01. The summed E-state index contributed by atoms with van der Waals surface area (Å²) in [6.45, 7) is 1.21. The third-order valence-electron chi connectivity index (χ3n) is 4.49. The number of hydrogen-bond donors (Lipinski definition) is 0. The number of ether oxygens (including phenoxy) is 2. The molecule has 0 saturated heterocycles. The zero-order valence-electron chi connectivity index (χ0n) is 13.2. The van der Waals surface area contributed by atoms with Crippen LogP contribution >= 0.6 is 0 Å². The van der Waals surface area contributed by atoms with Crippen LogP contribution in [0, 0.1) is 0 Å². The van der Waals surface area contributed by atoms with Gasteiger partial charge in [0, 0.05) is 19.2 Å². The number of benzene rings is 1. The molecule has 0 bridgehead atoms. The lowest BCUT2D eigenvalue weighted by Crippen LogP contribution is -2.15. The Morgan fingerprint density at radius 1 is 1.08 bits per heavy atom. The Morgan fingerprint density at radius 3 is 2.79 bits per heavy atom. The van der Waals surface area contributed by atoms with Crippen molar-refractivity contribution < 1.29 is 14.0 Å². The fraction of sp³-hybridized carbons (Fsp3) is 0.353. The van der Waals surface area contributed by atoms with E-state index in [2.05, 4.69) is 27.4 Å². The van der Waals surface area contributed by atoms with Gasteiger partial charge in [0.15, 0.2) is 11.5 Å². The normalized spacial score (nSPS) is 21.7. The van der Waals surface area contributed by atoms with Gasteiger partial charge in [-0.2, -0.15) is 10.1 Å². The van der Waals surface area contributed by atoms with Gasteiger partial charge in [0.25, 0.3) is 0 Å². The monoisotopic (exact) mass is 324 g/mol. The van der Waals surface area contributed by atoms with Crippen molar-refractivity contribution in [3.63, 3.8) is 0 Å². The van der Waals surface area contributed by atoms with Crippen molar-refractivity contribution in [3.05, 3.63) is 41.9 Å². The van der Waals surface area contributed by atoms with Gasteiger partial charge in [-0.3, -0.25) is 4.68 Å². The van der Waals surface area contributed by atoms with Gasteiger partial charge in [-0.25, -0.2) is 0 Å². The van der Waals surface area contributed by atoms with Crippen LogP contribution in [-0.2, 0) is 7.05 Å². The van der Waals surface area contributed by atoms with Crippen LogP contribution in [0.1, 0.15) is 29.7 Å². The predicted molar refractivity (Wildman–Crippen MR) is 84.0 cm³/mol. The van der Waals surface area contributed by atoms with Gasteiger partial charge < -0.3 is 14.0 Å². The van der Waals surface area contributed by atoms with Gasteiger partial charge in [-0.1, -0.05) is 11.2 Å². The molecule has 122 valence electrons. The van der Waals surface area contributed by atoms with Crippen molar-refractivity contribution in [2.75, 3.05) is 13.2 Å². The van der Waals surface area contributed by atoms with E-state index in [0.717, 1.165) is 23.6 Å². The second-order valence-corrected chi connectivity index (χ2v) is 6.18. The smallest absolute Gasteiger partial charge is 0.230 e. The predicted octanol–water partition coefficient (Wildman–Crippen LogP) is 2.51. The highest BCUT2D eigenvalue weighted by atomic mass is 16.6. The first-order chi connectivity index (χ1) is 11.8. The third kappa shape index (κ3) is 2.24. The molecule has 24 heavy (non-hydrogen) atoms. The summed E-state index contributed by atoms with van der Waals surface area (Å²) in [5, 5.41) is 8.35.